The van der Waals surface area contributed by atoms with Crippen molar-refractivity contribution in [2.45, 2.75) is 56.8 Å². The second-order valence-corrected chi connectivity index (χ2v) is 10.4. The standard InChI is InChI=1S/C24H26F3N3O3S/c1-4-6-20-15-30(34(31,32)21-8-5-7-19(12-21)24(25,26)27)22-11-17(9-10-23(22)33-20)18-13-28-29(14-18)16(2)3/h5,7-14,16,20H,4,6,15H2,1-3H3/t20-/m0/s1. The number of fused-ring (bicyclic) bond motifs is 1. The van der Waals surface area contributed by atoms with Crippen LogP contribution in [0.3, 0.4) is 0 Å². The summed E-state index contributed by atoms with van der Waals surface area (Å²) in [5, 5.41) is 4.34. The molecule has 0 saturated carbocycles. The van der Waals surface area contributed by atoms with Crippen LogP contribution in [0.25, 0.3) is 11.1 Å². The molecule has 3 aromatic rings. The Morgan fingerprint density at radius 3 is 2.56 bits per heavy atom. The first kappa shape index (κ1) is 24.1. The van der Waals surface area contributed by atoms with Gasteiger partial charge in [0.15, 0.2) is 0 Å². The second kappa shape index (κ2) is 8.98. The molecule has 10 heteroatoms. The first-order valence-electron chi connectivity index (χ1n) is 11.1. The lowest BCUT2D eigenvalue weighted by molar-refractivity contribution is -0.137. The van der Waals surface area contributed by atoms with Crippen LogP contribution in [0.15, 0.2) is 59.8 Å². The fraction of sp³-hybridized carbons (Fsp3) is 0.375. The highest BCUT2D eigenvalue weighted by Crippen LogP contribution is 2.41. The van der Waals surface area contributed by atoms with Gasteiger partial charge in [0.05, 0.1) is 28.9 Å². The number of hydrogen-bond donors (Lipinski definition) is 0. The van der Waals surface area contributed by atoms with Crippen LogP contribution in [-0.2, 0) is 16.2 Å². The smallest absolute Gasteiger partial charge is 0.416 e. The summed E-state index contributed by atoms with van der Waals surface area (Å²) in [5.41, 5.74) is 0.803. The van der Waals surface area contributed by atoms with E-state index < -0.39 is 32.8 Å². The Labute approximate surface area is 197 Å². The van der Waals surface area contributed by atoms with E-state index in [-0.39, 0.29) is 12.6 Å². The van der Waals surface area contributed by atoms with Crippen molar-refractivity contribution < 1.29 is 26.3 Å². The lowest BCUT2D eigenvalue weighted by atomic mass is 10.1. The van der Waals surface area contributed by atoms with Crippen molar-refractivity contribution in [2.75, 3.05) is 10.8 Å². The van der Waals surface area contributed by atoms with E-state index in [0.717, 1.165) is 34.0 Å². The van der Waals surface area contributed by atoms with E-state index in [4.69, 9.17) is 4.74 Å². The molecule has 0 unspecified atom stereocenters. The van der Waals surface area contributed by atoms with Gasteiger partial charge in [0.25, 0.3) is 10.0 Å². The predicted molar refractivity (Wildman–Crippen MR) is 123 cm³/mol. The zero-order chi connectivity index (χ0) is 24.7. The summed E-state index contributed by atoms with van der Waals surface area (Å²) in [6.07, 6.45) is -0.129. The number of anilines is 1. The molecule has 0 bridgehead atoms. The number of rotatable bonds is 6. The van der Waals surface area contributed by atoms with Crippen LogP contribution < -0.4 is 9.04 Å². The van der Waals surface area contributed by atoms with Crippen molar-refractivity contribution >= 4 is 15.7 Å². The zero-order valence-electron chi connectivity index (χ0n) is 19.1. The zero-order valence-corrected chi connectivity index (χ0v) is 19.9. The van der Waals surface area contributed by atoms with E-state index in [1.807, 2.05) is 33.0 Å². The van der Waals surface area contributed by atoms with Crippen LogP contribution in [0.4, 0.5) is 18.9 Å². The molecule has 0 saturated heterocycles. The van der Waals surface area contributed by atoms with Gasteiger partial charge in [-0.25, -0.2) is 8.42 Å². The molecular formula is C24H26F3N3O3S. The van der Waals surface area contributed by atoms with Crippen LogP contribution in [0.2, 0.25) is 0 Å². The largest absolute Gasteiger partial charge is 0.486 e. The number of alkyl halides is 3. The monoisotopic (exact) mass is 493 g/mol. The molecule has 0 spiro atoms. The van der Waals surface area contributed by atoms with Gasteiger partial charge in [0, 0.05) is 17.8 Å². The van der Waals surface area contributed by atoms with Crippen LogP contribution in [0, 0.1) is 0 Å². The fourth-order valence-corrected chi connectivity index (χ4v) is 5.47. The third kappa shape index (κ3) is 4.64. The highest BCUT2D eigenvalue weighted by atomic mass is 32.2. The minimum absolute atomic E-state index is 0.00806. The van der Waals surface area contributed by atoms with Gasteiger partial charge in [0.2, 0.25) is 0 Å². The Bertz CT molecular complexity index is 1290. The van der Waals surface area contributed by atoms with Crippen molar-refractivity contribution in [1.29, 1.82) is 0 Å². The number of hydrogen-bond acceptors (Lipinski definition) is 4. The molecule has 182 valence electrons. The summed E-state index contributed by atoms with van der Waals surface area (Å²) in [6.45, 7) is 5.96. The Morgan fingerprint density at radius 1 is 1.15 bits per heavy atom. The SMILES string of the molecule is CCC[C@H]1CN(S(=O)(=O)c2cccc(C(F)(F)F)c2)c2cc(-c3cnn(C(C)C)c3)ccc2O1. The molecule has 0 fully saturated rings. The van der Waals surface area contributed by atoms with Gasteiger partial charge >= 0.3 is 6.18 Å². The van der Waals surface area contributed by atoms with Gasteiger partial charge in [-0.1, -0.05) is 25.5 Å². The predicted octanol–water partition coefficient (Wildman–Crippen LogP) is 5.91. The molecule has 4 rings (SSSR count). The first-order chi connectivity index (χ1) is 16.0. The van der Waals surface area contributed by atoms with E-state index in [0.29, 0.717) is 23.9 Å². The van der Waals surface area contributed by atoms with Crippen LogP contribution >= 0.6 is 0 Å². The van der Waals surface area contributed by atoms with E-state index >= 15 is 0 Å². The maximum atomic E-state index is 13.6. The van der Waals surface area contributed by atoms with Gasteiger partial charge in [-0.2, -0.15) is 18.3 Å². The van der Waals surface area contributed by atoms with Gasteiger partial charge < -0.3 is 4.74 Å². The van der Waals surface area contributed by atoms with Gasteiger partial charge in [-0.3, -0.25) is 8.99 Å². The average molecular weight is 494 g/mol. The molecule has 0 radical (unpaired) electrons. The third-order valence-electron chi connectivity index (χ3n) is 5.71. The molecule has 1 aromatic heterocycles. The normalized spacial score (nSPS) is 16.4. The molecule has 1 aliphatic heterocycles. The highest BCUT2D eigenvalue weighted by molar-refractivity contribution is 7.92. The Morgan fingerprint density at radius 2 is 1.91 bits per heavy atom. The molecule has 34 heavy (non-hydrogen) atoms. The highest BCUT2D eigenvalue weighted by Gasteiger charge is 2.37. The van der Waals surface area contributed by atoms with Crippen LogP contribution in [0.5, 0.6) is 5.75 Å². The fourth-order valence-electron chi connectivity index (χ4n) is 3.92. The van der Waals surface area contributed by atoms with Crippen molar-refractivity contribution in [1.82, 2.24) is 9.78 Å². The minimum atomic E-state index is -4.65. The van der Waals surface area contributed by atoms with Gasteiger partial charge in [-0.15, -0.1) is 0 Å². The summed E-state index contributed by atoms with van der Waals surface area (Å²) < 4.78 is 76.0. The Hall–Kier alpha value is -3.01. The topological polar surface area (TPSA) is 64.4 Å². The van der Waals surface area contributed by atoms with Crippen molar-refractivity contribution in [3.05, 3.63) is 60.4 Å². The van der Waals surface area contributed by atoms with E-state index in [9.17, 15) is 21.6 Å². The van der Waals surface area contributed by atoms with E-state index in [1.54, 1.807) is 23.0 Å². The number of benzene rings is 2. The molecule has 0 aliphatic carbocycles. The molecule has 1 atom stereocenters. The maximum Gasteiger partial charge on any atom is 0.416 e. The summed E-state index contributed by atoms with van der Waals surface area (Å²) in [4.78, 5) is -0.413. The van der Waals surface area contributed by atoms with E-state index in [2.05, 4.69) is 5.10 Å². The third-order valence-corrected chi connectivity index (χ3v) is 7.49. The quantitative estimate of drug-likeness (QED) is 0.429. The molecule has 6 nitrogen and oxygen atoms in total. The second-order valence-electron chi connectivity index (χ2n) is 8.58. The lowest BCUT2D eigenvalue weighted by Gasteiger charge is -2.35. The average Bonchev–Trinajstić information content (AvgIpc) is 3.29. The number of sulfonamides is 1. The lowest BCUT2D eigenvalue weighted by Crippen LogP contribution is -2.43. The number of ether oxygens (including phenoxy) is 1. The summed E-state index contributed by atoms with van der Waals surface area (Å²) in [5.74, 6) is 0.375. The van der Waals surface area contributed by atoms with Crippen molar-refractivity contribution in [2.24, 2.45) is 0 Å². The molecule has 2 aromatic carbocycles. The van der Waals surface area contributed by atoms with Crippen molar-refractivity contribution in [3.63, 3.8) is 0 Å². The summed E-state index contributed by atoms with van der Waals surface area (Å²) >= 11 is 0. The molecule has 0 amide bonds. The molecule has 2 heterocycles. The Kier molecular flexibility index (Phi) is 6.37. The minimum Gasteiger partial charge on any atom is -0.486 e. The maximum absolute atomic E-state index is 13.6. The molecule has 1 aliphatic rings. The number of halogens is 3. The van der Waals surface area contributed by atoms with E-state index in [1.165, 1.54) is 6.07 Å². The first-order valence-corrected chi connectivity index (χ1v) is 12.5. The van der Waals surface area contributed by atoms with Gasteiger partial charge in [-0.05, 0) is 56.2 Å². The van der Waals surface area contributed by atoms with Crippen LogP contribution in [-0.4, -0.2) is 30.8 Å². The molecular weight excluding hydrogens is 467 g/mol. The molecule has 0 N–H and O–H groups in total. The summed E-state index contributed by atoms with van der Waals surface area (Å²) in [6, 6.07) is 9.19. The summed E-state index contributed by atoms with van der Waals surface area (Å²) in [7, 11) is -4.28. The number of aromatic nitrogens is 2. The number of nitrogens with zero attached hydrogens (tertiary/aromatic N) is 3. The van der Waals surface area contributed by atoms with Crippen LogP contribution in [0.1, 0.15) is 45.2 Å². The Balaban J connectivity index is 1.80. The van der Waals surface area contributed by atoms with Gasteiger partial charge in [0.1, 0.15) is 11.9 Å². The van der Waals surface area contributed by atoms with Crippen molar-refractivity contribution in [3.8, 4) is 16.9 Å².